The minimum absolute atomic E-state index is 0.00750. The number of benzene rings is 2. The summed E-state index contributed by atoms with van der Waals surface area (Å²) in [4.78, 5) is 41.7. The van der Waals surface area contributed by atoms with Gasteiger partial charge in [-0.1, -0.05) is 57.5 Å². The highest BCUT2D eigenvalue weighted by molar-refractivity contribution is 5.96. The van der Waals surface area contributed by atoms with E-state index < -0.39 is 17.2 Å². The number of nitrogen functional groups attached to an aromatic ring is 1. The molecule has 0 atom stereocenters. The van der Waals surface area contributed by atoms with Crippen LogP contribution in [0.5, 0.6) is 5.75 Å². The molecule has 0 radical (unpaired) electrons. The molecule has 0 spiro atoms. The van der Waals surface area contributed by atoms with Crippen molar-refractivity contribution in [3.05, 3.63) is 63.3 Å². The number of carbonyl (C=O) groups is 1. The molecule has 8 heteroatoms. The monoisotopic (exact) mass is 438 g/mol. The highest BCUT2D eigenvalue weighted by Gasteiger charge is 2.25. The number of ether oxygens (including phenoxy) is 1. The second-order valence-electron chi connectivity index (χ2n) is 8.19. The molecule has 1 aromatic heterocycles. The highest BCUT2D eigenvalue weighted by Crippen LogP contribution is 2.22. The average molecular weight is 439 g/mol. The van der Waals surface area contributed by atoms with Crippen LogP contribution < -0.4 is 26.6 Å². The lowest BCUT2D eigenvalue weighted by Crippen LogP contribution is -2.44. The molecule has 1 amide bonds. The van der Waals surface area contributed by atoms with Gasteiger partial charge in [-0.15, -0.1) is 0 Å². The molecule has 8 nitrogen and oxygen atoms in total. The van der Waals surface area contributed by atoms with E-state index >= 15 is 0 Å². The zero-order valence-corrected chi connectivity index (χ0v) is 18.8. The molecule has 0 bridgehead atoms. The van der Waals surface area contributed by atoms with Gasteiger partial charge in [0.05, 0.1) is 0 Å². The van der Waals surface area contributed by atoms with Gasteiger partial charge in [0.15, 0.2) is 12.3 Å². The van der Waals surface area contributed by atoms with Crippen LogP contribution in [0.15, 0.2) is 52.1 Å². The van der Waals surface area contributed by atoms with Crippen molar-refractivity contribution >= 4 is 28.2 Å². The predicted molar refractivity (Wildman–Crippen MR) is 127 cm³/mol. The third-order valence-corrected chi connectivity index (χ3v) is 5.15. The number of nitrogens with two attached hydrogens (primary N) is 1. The number of nitrogens with one attached hydrogen (secondary N) is 1. The maximum atomic E-state index is 13.1. The van der Waals surface area contributed by atoms with Gasteiger partial charge in [0, 0.05) is 13.1 Å². The Balaban J connectivity index is 1.89. The first-order valence-corrected chi connectivity index (χ1v) is 10.9. The van der Waals surface area contributed by atoms with Crippen molar-refractivity contribution in [1.82, 2.24) is 9.55 Å². The molecule has 0 saturated carbocycles. The Kier molecular flexibility index (Phi) is 7.35. The second kappa shape index (κ2) is 10.2. The van der Waals surface area contributed by atoms with Gasteiger partial charge in [-0.05, 0) is 35.2 Å². The first-order chi connectivity index (χ1) is 15.3. The number of anilines is 2. The van der Waals surface area contributed by atoms with Crippen molar-refractivity contribution in [3.63, 3.8) is 0 Å². The van der Waals surface area contributed by atoms with Crippen molar-refractivity contribution in [2.24, 2.45) is 5.92 Å². The van der Waals surface area contributed by atoms with E-state index in [9.17, 15) is 14.4 Å². The number of amides is 1. The number of fused-ring (bicyclic) bond motifs is 1. The van der Waals surface area contributed by atoms with E-state index in [0.717, 1.165) is 23.6 Å². The fraction of sp³-hybridized carbons (Fsp3) is 0.375. The Labute approximate surface area is 186 Å². The van der Waals surface area contributed by atoms with Gasteiger partial charge < -0.3 is 15.4 Å². The van der Waals surface area contributed by atoms with E-state index in [4.69, 9.17) is 10.5 Å². The van der Waals surface area contributed by atoms with Gasteiger partial charge in [0.25, 0.3) is 11.5 Å². The zero-order valence-electron chi connectivity index (χ0n) is 18.8. The van der Waals surface area contributed by atoms with Gasteiger partial charge in [0.2, 0.25) is 0 Å². The van der Waals surface area contributed by atoms with Gasteiger partial charge >= 0.3 is 5.69 Å². The molecule has 3 rings (SSSR count). The molecule has 32 heavy (non-hydrogen) atoms. The number of hydrogen-bond acceptors (Lipinski definition) is 5. The molecule has 3 N–H and O–H groups in total. The summed E-state index contributed by atoms with van der Waals surface area (Å²) < 4.78 is 7.06. The lowest BCUT2D eigenvalue weighted by Gasteiger charge is -2.26. The summed E-state index contributed by atoms with van der Waals surface area (Å²) in [5, 5.41) is 2.07. The molecule has 0 saturated heterocycles. The van der Waals surface area contributed by atoms with Crippen molar-refractivity contribution < 1.29 is 9.53 Å². The summed E-state index contributed by atoms with van der Waals surface area (Å²) in [5.74, 6) is 0.197. The van der Waals surface area contributed by atoms with E-state index in [0.29, 0.717) is 12.3 Å². The predicted octanol–water partition coefficient (Wildman–Crippen LogP) is 3.14. The Bertz CT molecular complexity index is 1210. The second-order valence-corrected chi connectivity index (χ2v) is 8.19. The number of aromatic amines is 1. The molecular formula is C24H30N4O4. The zero-order chi connectivity index (χ0) is 23.3. The molecule has 0 unspecified atom stereocenters. The van der Waals surface area contributed by atoms with E-state index in [-0.39, 0.29) is 30.6 Å². The van der Waals surface area contributed by atoms with Crippen molar-refractivity contribution in [1.29, 1.82) is 0 Å². The van der Waals surface area contributed by atoms with E-state index in [1.54, 1.807) is 6.07 Å². The smallest absolute Gasteiger partial charge is 0.330 e. The summed E-state index contributed by atoms with van der Waals surface area (Å²) >= 11 is 0. The van der Waals surface area contributed by atoms with Crippen LogP contribution in [0, 0.1) is 5.92 Å². The van der Waals surface area contributed by atoms with E-state index in [1.807, 2.05) is 57.2 Å². The van der Waals surface area contributed by atoms with Crippen LogP contribution in [0.2, 0.25) is 0 Å². The number of carbonyl (C=O) groups excluding carboxylic acids is 1. The highest BCUT2D eigenvalue weighted by atomic mass is 16.5. The number of rotatable bonds is 9. The fourth-order valence-corrected chi connectivity index (χ4v) is 3.54. The van der Waals surface area contributed by atoms with Crippen molar-refractivity contribution in [3.8, 4) is 5.75 Å². The summed E-state index contributed by atoms with van der Waals surface area (Å²) in [5.41, 5.74) is 4.95. The quantitative estimate of drug-likeness (QED) is 0.533. The minimum atomic E-state index is -0.681. The number of hydrogen-bond donors (Lipinski definition) is 2. The largest absolute Gasteiger partial charge is 0.484 e. The van der Waals surface area contributed by atoms with Gasteiger partial charge in [-0.3, -0.25) is 19.1 Å². The number of H-pyrrole nitrogens is 1. The topological polar surface area (TPSA) is 110 Å². The number of aromatic nitrogens is 2. The maximum absolute atomic E-state index is 13.1. The molecular weight excluding hydrogens is 408 g/mol. The summed E-state index contributed by atoms with van der Waals surface area (Å²) in [6, 6.07) is 13.4. The molecule has 0 aliphatic rings. The summed E-state index contributed by atoms with van der Waals surface area (Å²) in [7, 11) is 0. The Hall–Kier alpha value is -3.55. The minimum Gasteiger partial charge on any atom is -0.484 e. The Morgan fingerprint density at radius 3 is 2.56 bits per heavy atom. The van der Waals surface area contributed by atoms with Crippen LogP contribution in [-0.2, 0) is 11.3 Å². The third kappa shape index (κ3) is 5.19. The number of unbranched alkanes of at least 4 members (excludes halogenated alkanes) is 1. The molecule has 0 fully saturated rings. The molecule has 3 aromatic rings. The van der Waals surface area contributed by atoms with Crippen LogP contribution in [0.3, 0.4) is 0 Å². The lowest BCUT2D eigenvalue weighted by molar-refractivity contribution is -0.120. The van der Waals surface area contributed by atoms with Crippen LogP contribution in [0.1, 0.15) is 33.6 Å². The molecule has 1 heterocycles. The fourth-order valence-electron chi connectivity index (χ4n) is 3.54. The first-order valence-electron chi connectivity index (χ1n) is 10.9. The Morgan fingerprint density at radius 1 is 1.16 bits per heavy atom. The summed E-state index contributed by atoms with van der Waals surface area (Å²) in [6.07, 6.45) is 1.58. The SMILES string of the molecule is CCCCn1c(N)c(N(CC(C)C)C(=O)COc2ccc3ccccc3c2)c(=O)[nH]c1=O. The van der Waals surface area contributed by atoms with Crippen molar-refractivity contribution in [2.45, 2.75) is 40.2 Å². The third-order valence-electron chi connectivity index (χ3n) is 5.15. The summed E-state index contributed by atoms with van der Waals surface area (Å²) in [6.45, 7) is 6.22. The first kappa shape index (κ1) is 23.1. The van der Waals surface area contributed by atoms with Crippen LogP contribution in [-0.4, -0.2) is 28.6 Å². The lowest BCUT2D eigenvalue weighted by atomic mass is 10.1. The van der Waals surface area contributed by atoms with Gasteiger partial charge in [-0.2, -0.15) is 0 Å². The number of nitrogens with zero attached hydrogens (tertiary/aromatic N) is 2. The standard InChI is InChI=1S/C24H30N4O4/c1-4-5-12-27-22(25)21(23(30)26-24(27)31)28(14-16(2)3)20(29)15-32-19-11-10-17-8-6-7-9-18(17)13-19/h6-11,13,16H,4-5,12,14-15,25H2,1-3H3,(H,26,30,31). The Morgan fingerprint density at radius 2 is 1.88 bits per heavy atom. The molecule has 0 aliphatic heterocycles. The molecule has 0 aliphatic carbocycles. The maximum Gasteiger partial charge on any atom is 0.330 e. The van der Waals surface area contributed by atoms with Crippen LogP contribution in [0.25, 0.3) is 10.8 Å². The van der Waals surface area contributed by atoms with E-state index in [1.165, 1.54) is 9.47 Å². The van der Waals surface area contributed by atoms with Crippen LogP contribution in [0.4, 0.5) is 11.5 Å². The molecule has 170 valence electrons. The average Bonchev–Trinajstić information content (AvgIpc) is 2.76. The normalized spacial score (nSPS) is 11.1. The van der Waals surface area contributed by atoms with Gasteiger partial charge in [-0.25, -0.2) is 4.79 Å². The van der Waals surface area contributed by atoms with E-state index in [2.05, 4.69) is 4.98 Å². The van der Waals surface area contributed by atoms with Crippen LogP contribution >= 0.6 is 0 Å². The van der Waals surface area contributed by atoms with Crippen molar-refractivity contribution in [2.75, 3.05) is 23.8 Å². The van der Waals surface area contributed by atoms with Gasteiger partial charge in [0.1, 0.15) is 11.6 Å². The molecule has 2 aromatic carbocycles.